The first-order chi connectivity index (χ1) is 11.6. The Morgan fingerprint density at radius 3 is 2.24 bits per heavy atom. The van der Waals surface area contributed by atoms with Crippen LogP contribution in [0.1, 0.15) is 10.4 Å². The van der Waals surface area contributed by atoms with Gasteiger partial charge in [0, 0.05) is 45.0 Å². The number of carbonyl (C=O) groups is 2. The number of piperazine rings is 1. The van der Waals surface area contributed by atoms with Gasteiger partial charge >= 0.3 is 5.97 Å². The zero-order chi connectivity index (χ0) is 18.8. The molecule has 2 rings (SSSR count). The molecule has 0 bridgehead atoms. The Kier molecular flexibility index (Phi) is 5.69. The summed E-state index contributed by atoms with van der Waals surface area (Å²) in [6.07, 6.45) is 1.04. The Bertz CT molecular complexity index is 746. The van der Waals surface area contributed by atoms with Gasteiger partial charge in [0.2, 0.25) is 10.0 Å². The number of nitrogens with zero attached hydrogens (tertiary/aromatic N) is 3. The van der Waals surface area contributed by atoms with Crippen molar-refractivity contribution in [3.8, 4) is 0 Å². The van der Waals surface area contributed by atoms with E-state index >= 15 is 0 Å². The van der Waals surface area contributed by atoms with Crippen LogP contribution < -0.4 is 4.90 Å². The van der Waals surface area contributed by atoms with Gasteiger partial charge in [0.05, 0.1) is 13.4 Å². The van der Waals surface area contributed by atoms with E-state index in [4.69, 9.17) is 4.74 Å². The molecule has 1 aromatic carbocycles. The smallest absolute Gasteiger partial charge is 0.326 e. The standard InChI is InChI=1S/C16H23N3O5S/c1-17(2)13-7-5-12(6-8-13)15(20)18-9-10-19(25(4,22)23)14(11-18)16(21)24-3/h5-8,14H,9-11H2,1-4H3/t14-/m1/s1. The van der Waals surface area contributed by atoms with Crippen molar-refractivity contribution in [3.05, 3.63) is 29.8 Å². The Hall–Kier alpha value is -2.13. The molecule has 1 amide bonds. The lowest BCUT2D eigenvalue weighted by Gasteiger charge is -2.38. The second-order valence-corrected chi connectivity index (χ2v) is 8.04. The SMILES string of the molecule is COC(=O)[C@H]1CN(C(=O)c2ccc(N(C)C)cc2)CCN1S(C)(=O)=O. The number of esters is 1. The highest BCUT2D eigenvalue weighted by atomic mass is 32.2. The van der Waals surface area contributed by atoms with Gasteiger partial charge in [-0.1, -0.05) is 0 Å². The van der Waals surface area contributed by atoms with E-state index in [1.54, 1.807) is 12.1 Å². The number of hydrogen-bond acceptors (Lipinski definition) is 6. The molecule has 0 N–H and O–H groups in total. The first-order valence-corrected chi connectivity index (χ1v) is 9.61. The van der Waals surface area contributed by atoms with E-state index in [9.17, 15) is 18.0 Å². The molecular formula is C16H23N3O5S. The van der Waals surface area contributed by atoms with Gasteiger partial charge in [-0.15, -0.1) is 0 Å². The fraction of sp³-hybridized carbons (Fsp3) is 0.500. The summed E-state index contributed by atoms with van der Waals surface area (Å²) in [5.41, 5.74) is 1.45. The lowest BCUT2D eigenvalue weighted by Crippen LogP contribution is -2.59. The molecule has 9 heteroatoms. The molecule has 8 nitrogen and oxygen atoms in total. The third-order valence-corrected chi connectivity index (χ3v) is 5.44. The molecule has 1 saturated heterocycles. The van der Waals surface area contributed by atoms with Gasteiger partial charge in [-0.3, -0.25) is 9.59 Å². The molecule has 1 fully saturated rings. The molecule has 1 aliphatic heterocycles. The van der Waals surface area contributed by atoms with Crippen LogP contribution in [0, 0.1) is 0 Å². The van der Waals surface area contributed by atoms with Crippen LogP contribution in [-0.2, 0) is 19.6 Å². The molecular weight excluding hydrogens is 346 g/mol. The van der Waals surface area contributed by atoms with Crippen molar-refractivity contribution in [1.82, 2.24) is 9.21 Å². The molecule has 1 atom stereocenters. The average molecular weight is 369 g/mol. The van der Waals surface area contributed by atoms with E-state index in [2.05, 4.69) is 0 Å². The molecule has 0 saturated carbocycles. The van der Waals surface area contributed by atoms with Crippen LogP contribution in [0.3, 0.4) is 0 Å². The largest absolute Gasteiger partial charge is 0.468 e. The van der Waals surface area contributed by atoms with Crippen LogP contribution in [0.5, 0.6) is 0 Å². The van der Waals surface area contributed by atoms with Crippen LogP contribution in [0.25, 0.3) is 0 Å². The number of rotatable bonds is 4. The average Bonchev–Trinajstić information content (AvgIpc) is 2.59. The maximum atomic E-state index is 12.7. The molecule has 138 valence electrons. The molecule has 0 aliphatic carbocycles. The minimum Gasteiger partial charge on any atom is -0.468 e. The summed E-state index contributed by atoms with van der Waals surface area (Å²) in [6.45, 7) is 0.239. The minimum atomic E-state index is -3.57. The Labute approximate surface area is 148 Å². The number of sulfonamides is 1. The maximum Gasteiger partial charge on any atom is 0.326 e. The van der Waals surface area contributed by atoms with E-state index in [0.29, 0.717) is 5.56 Å². The predicted octanol–water partition coefficient (Wildman–Crippen LogP) is 0.0116. The van der Waals surface area contributed by atoms with Gasteiger partial charge in [0.1, 0.15) is 6.04 Å². The number of benzene rings is 1. The summed E-state index contributed by atoms with van der Waals surface area (Å²) >= 11 is 0. The zero-order valence-corrected chi connectivity index (χ0v) is 15.6. The van der Waals surface area contributed by atoms with E-state index in [0.717, 1.165) is 16.2 Å². The number of carbonyl (C=O) groups excluding carboxylic acids is 2. The van der Waals surface area contributed by atoms with Crippen molar-refractivity contribution in [1.29, 1.82) is 0 Å². The normalized spacial score (nSPS) is 18.7. The summed E-state index contributed by atoms with van der Waals surface area (Å²) in [5, 5.41) is 0. The van der Waals surface area contributed by atoms with Crippen molar-refractivity contribution < 1.29 is 22.7 Å². The van der Waals surface area contributed by atoms with Gasteiger partial charge < -0.3 is 14.5 Å². The van der Waals surface area contributed by atoms with Crippen LogP contribution in [-0.4, -0.2) is 82.6 Å². The number of methoxy groups -OCH3 is 1. The van der Waals surface area contributed by atoms with Gasteiger partial charge in [-0.05, 0) is 24.3 Å². The molecule has 25 heavy (non-hydrogen) atoms. The minimum absolute atomic E-state index is 0.0337. The van der Waals surface area contributed by atoms with Crippen LogP contribution in [0.2, 0.25) is 0 Å². The number of hydrogen-bond donors (Lipinski definition) is 0. The number of ether oxygens (including phenoxy) is 1. The third-order valence-electron chi connectivity index (χ3n) is 4.15. The van der Waals surface area contributed by atoms with Crippen molar-refractivity contribution in [2.75, 3.05) is 52.0 Å². The third kappa shape index (κ3) is 4.29. The summed E-state index contributed by atoms with van der Waals surface area (Å²) in [4.78, 5) is 28.1. The van der Waals surface area contributed by atoms with Crippen molar-refractivity contribution in [2.24, 2.45) is 0 Å². The fourth-order valence-corrected chi connectivity index (χ4v) is 3.79. The summed E-state index contributed by atoms with van der Waals surface area (Å²) in [7, 11) is 1.44. The van der Waals surface area contributed by atoms with E-state index in [1.807, 2.05) is 31.1 Å². The van der Waals surface area contributed by atoms with Gasteiger partial charge in [0.15, 0.2) is 0 Å². The molecule has 0 radical (unpaired) electrons. The van der Waals surface area contributed by atoms with Crippen LogP contribution >= 0.6 is 0 Å². The quantitative estimate of drug-likeness (QED) is 0.695. The van der Waals surface area contributed by atoms with Gasteiger partial charge in [-0.25, -0.2) is 8.42 Å². The van der Waals surface area contributed by atoms with Gasteiger partial charge in [0.25, 0.3) is 5.91 Å². The monoisotopic (exact) mass is 369 g/mol. The Morgan fingerprint density at radius 1 is 1.16 bits per heavy atom. The number of amides is 1. The van der Waals surface area contributed by atoms with Crippen molar-refractivity contribution in [3.63, 3.8) is 0 Å². The molecule has 1 heterocycles. The maximum absolute atomic E-state index is 12.7. The second kappa shape index (κ2) is 7.40. The van der Waals surface area contributed by atoms with Gasteiger partial charge in [-0.2, -0.15) is 4.31 Å². The topological polar surface area (TPSA) is 87.2 Å². The highest BCUT2D eigenvalue weighted by Gasteiger charge is 2.39. The molecule has 1 aromatic rings. The van der Waals surface area contributed by atoms with Crippen LogP contribution in [0.15, 0.2) is 24.3 Å². The zero-order valence-electron chi connectivity index (χ0n) is 14.8. The second-order valence-electron chi connectivity index (χ2n) is 6.11. The lowest BCUT2D eigenvalue weighted by molar-refractivity contribution is -0.146. The van der Waals surface area contributed by atoms with E-state index in [1.165, 1.54) is 12.0 Å². The molecule has 0 unspecified atom stereocenters. The first kappa shape index (κ1) is 19.2. The summed E-state index contributed by atoms with van der Waals surface area (Å²) in [6, 6.07) is 6.07. The molecule has 0 spiro atoms. The summed E-state index contributed by atoms with van der Waals surface area (Å²) in [5.74, 6) is -0.918. The molecule has 0 aromatic heterocycles. The van der Waals surface area contributed by atoms with E-state index < -0.39 is 22.0 Å². The fourth-order valence-electron chi connectivity index (χ4n) is 2.76. The van der Waals surface area contributed by atoms with Crippen molar-refractivity contribution >= 4 is 27.6 Å². The number of anilines is 1. The Morgan fingerprint density at radius 2 is 1.76 bits per heavy atom. The summed E-state index contributed by atoms with van der Waals surface area (Å²) < 4.78 is 29.5. The highest BCUT2D eigenvalue weighted by molar-refractivity contribution is 7.88. The van der Waals surface area contributed by atoms with E-state index in [-0.39, 0.29) is 25.5 Å². The molecule has 1 aliphatic rings. The first-order valence-electron chi connectivity index (χ1n) is 7.76. The van der Waals surface area contributed by atoms with Crippen LogP contribution in [0.4, 0.5) is 5.69 Å². The highest BCUT2D eigenvalue weighted by Crippen LogP contribution is 2.19. The Balaban J connectivity index is 2.20. The predicted molar refractivity (Wildman–Crippen MR) is 94.0 cm³/mol. The van der Waals surface area contributed by atoms with Crippen molar-refractivity contribution in [2.45, 2.75) is 6.04 Å². The lowest BCUT2D eigenvalue weighted by atomic mass is 10.1.